The fraction of sp³-hybridized carbons (Fsp3) is 0.130. The van der Waals surface area contributed by atoms with Crippen LogP contribution in [-0.4, -0.2) is 25.7 Å². The van der Waals surface area contributed by atoms with E-state index >= 15 is 0 Å². The van der Waals surface area contributed by atoms with Gasteiger partial charge in [0.25, 0.3) is 5.91 Å². The highest BCUT2D eigenvalue weighted by atomic mass is 32.1. The molecule has 5 aromatic rings. The van der Waals surface area contributed by atoms with Crippen LogP contribution in [0.25, 0.3) is 21.3 Å². The number of aromatic nitrogens is 4. The zero-order chi connectivity index (χ0) is 21.5. The Morgan fingerprint density at radius 2 is 1.84 bits per heavy atom. The lowest BCUT2D eigenvalue weighted by Gasteiger charge is -2.05. The first-order valence-electron chi connectivity index (χ1n) is 9.74. The second-order valence-corrected chi connectivity index (χ2v) is 8.27. The maximum absolute atomic E-state index is 13.1. The van der Waals surface area contributed by atoms with Crippen LogP contribution in [0.4, 0.5) is 5.13 Å². The van der Waals surface area contributed by atoms with E-state index in [0.29, 0.717) is 16.3 Å². The van der Waals surface area contributed by atoms with Crippen molar-refractivity contribution in [2.75, 3.05) is 5.32 Å². The Kier molecular flexibility index (Phi) is 4.63. The highest BCUT2D eigenvalue weighted by molar-refractivity contribution is 7.22. The number of nitrogens with zero attached hydrogens (tertiary/aromatic N) is 4. The molecule has 0 aliphatic heterocycles. The number of ether oxygens (including phenoxy) is 1. The molecule has 31 heavy (non-hydrogen) atoms. The molecule has 5 rings (SSSR count). The summed E-state index contributed by atoms with van der Waals surface area (Å²) in [6.07, 6.45) is 0. The molecule has 0 fully saturated rings. The zero-order valence-electron chi connectivity index (χ0n) is 17.2. The first-order valence-corrected chi connectivity index (χ1v) is 10.6. The summed E-state index contributed by atoms with van der Waals surface area (Å²) in [4.78, 5) is 22.2. The maximum atomic E-state index is 13.1. The lowest BCUT2D eigenvalue weighted by atomic mass is 10.1. The number of aryl methyl sites for hydroxylation is 3. The third-order valence-corrected chi connectivity index (χ3v) is 5.83. The number of hydrogen-bond donors (Lipinski definition) is 1. The van der Waals surface area contributed by atoms with E-state index in [9.17, 15) is 4.79 Å². The number of benzene rings is 2. The lowest BCUT2D eigenvalue weighted by molar-refractivity contribution is 0.102. The number of para-hydroxylation sites is 1. The molecule has 0 saturated heterocycles. The van der Waals surface area contributed by atoms with E-state index in [-0.39, 0.29) is 5.91 Å². The molecule has 0 aliphatic carbocycles. The van der Waals surface area contributed by atoms with Crippen LogP contribution in [0.5, 0.6) is 11.5 Å². The van der Waals surface area contributed by atoms with Gasteiger partial charge >= 0.3 is 0 Å². The quantitative estimate of drug-likeness (QED) is 0.422. The number of thiazole rings is 1. The van der Waals surface area contributed by atoms with E-state index < -0.39 is 0 Å². The van der Waals surface area contributed by atoms with Crippen LogP contribution in [0.2, 0.25) is 0 Å². The summed E-state index contributed by atoms with van der Waals surface area (Å²) in [6, 6.07) is 17.1. The van der Waals surface area contributed by atoms with Gasteiger partial charge in [0.2, 0.25) is 0 Å². The van der Waals surface area contributed by atoms with Crippen molar-refractivity contribution >= 4 is 43.6 Å². The number of pyridine rings is 1. The van der Waals surface area contributed by atoms with Gasteiger partial charge < -0.3 is 4.74 Å². The topological polar surface area (TPSA) is 81.9 Å². The molecule has 2 aromatic carbocycles. The predicted molar refractivity (Wildman–Crippen MR) is 122 cm³/mol. The summed E-state index contributed by atoms with van der Waals surface area (Å²) in [5.74, 6) is 1.26. The number of carbonyl (C=O) groups excluding carboxylic acids is 1. The third kappa shape index (κ3) is 3.62. The van der Waals surface area contributed by atoms with E-state index in [0.717, 1.165) is 38.5 Å². The molecule has 0 spiro atoms. The highest BCUT2D eigenvalue weighted by Crippen LogP contribution is 2.32. The molecule has 0 unspecified atom stereocenters. The SMILES string of the molecule is Cc1cc(C(=O)Nc2nc3ccc(Oc4ccccc4)cc3s2)c2c(C)nn(C)c2n1. The highest BCUT2D eigenvalue weighted by Gasteiger charge is 2.19. The molecule has 0 radical (unpaired) electrons. The monoisotopic (exact) mass is 429 g/mol. The molecular weight excluding hydrogens is 410 g/mol. The second-order valence-electron chi connectivity index (χ2n) is 7.24. The molecule has 1 amide bonds. The standard InChI is InChI=1S/C23H19N5O2S/c1-13-11-17(20-14(2)27-28(3)21(20)24-13)22(29)26-23-25-18-10-9-16(12-19(18)31-23)30-15-7-5-4-6-8-15/h4-12H,1-3H3,(H,25,26,29). The van der Waals surface area contributed by atoms with Gasteiger partial charge in [-0.25, -0.2) is 9.97 Å². The van der Waals surface area contributed by atoms with E-state index in [1.54, 1.807) is 10.7 Å². The van der Waals surface area contributed by atoms with Crippen LogP contribution < -0.4 is 10.1 Å². The number of anilines is 1. The van der Waals surface area contributed by atoms with Crippen LogP contribution in [0.3, 0.4) is 0 Å². The Morgan fingerprint density at radius 1 is 1.03 bits per heavy atom. The van der Waals surface area contributed by atoms with Gasteiger partial charge in [0.1, 0.15) is 11.5 Å². The number of fused-ring (bicyclic) bond motifs is 2. The van der Waals surface area contributed by atoms with Gasteiger partial charge in [-0.15, -0.1) is 0 Å². The second kappa shape index (κ2) is 7.48. The van der Waals surface area contributed by atoms with Crippen LogP contribution in [0.15, 0.2) is 54.6 Å². The molecule has 0 saturated carbocycles. The van der Waals surface area contributed by atoms with Crippen molar-refractivity contribution in [3.05, 3.63) is 71.5 Å². The van der Waals surface area contributed by atoms with Gasteiger partial charge in [0.05, 0.1) is 26.9 Å². The molecule has 3 aromatic heterocycles. The summed E-state index contributed by atoms with van der Waals surface area (Å²) in [7, 11) is 1.83. The van der Waals surface area contributed by atoms with Crippen molar-refractivity contribution in [2.24, 2.45) is 7.05 Å². The number of rotatable bonds is 4. The number of carbonyl (C=O) groups is 1. The molecular formula is C23H19N5O2S. The molecule has 154 valence electrons. The van der Waals surface area contributed by atoms with Crippen molar-refractivity contribution in [2.45, 2.75) is 13.8 Å². The zero-order valence-corrected chi connectivity index (χ0v) is 18.0. The summed E-state index contributed by atoms with van der Waals surface area (Å²) in [5.41, 5.74) is 3.55. The maximum Gasteiger partial charge on any atom is 0.258 e. The average Bonchev–Trinajstić information content (AvgIpc) is 3.27. The Bertz CT molecular complexity index is 1440. The Morgan fingerprint density at radius 3 is 2.65 bits per heavy atom. The minimum Gasteiger partial charge on any atom is -0.457 e. The molecule has 7 nitrogen and oxygen atoms in total. The predicted octanol–water partition coefficient (Wildman–Crippen LogP) is 5.24. The number of hydrogen-bond acceptors (Lipinski definition) is 6. The largest absolute Gasteiger partial charge is 0.457 e. The Labute approximate surface area is 182 Å². The van der Waals surface area contributed by atoms with Crippen LogP contribution in [0, 0.1) is 13.8 Å². The first kappa shape index (κ1) is 19.2. The van der Waals surface area contributed by atoms with Gasteiger partial charge in [0, 0.05) is 18.8 Å². The Hall–Kier alpha value is -3.78. The summed E-state index contributed by atoms with van der Waals surface area (Å²) >= 11 is 1.40. The molecule has 0 aliphatic rings. The third-order valence-electron chi connectivity index (χ3n) is 4.90. The normalized spacial score (nSPS) is 11.2. The van der Waals surface area contributed by atoms with Crippen molar-refractivity contribution in [3.63, 3.8) is 0 Å². The van der Waals surface area contributed by atoms with E-state index in [2.05, 4.69) is 20.4 Å². The van der Waals surface area contributed by atoms with Gasteiger partial charge in [-0.3, -0.25) is 14.8 Å². The van der Waals surface area contributed by atoms with Crippen LogP contribution >= 0.6 is 11.3 Å². The first-order chi connectivity index (χ1) is 15.0. The number of nitrogens with one attached hydrogen (secondary N) is 1. The minimum atomic E-state index is -0.230. The Balaban J connectivity index is 1.44. The molecule has 0 bridgehead atoms. The van der Waals surface area contributed by atoms with E-state index in [1.807, 2.05) is 69.4 Å². The van der Waals surface area contributed by atoms with E-state index in [4.69, 9.17) is 4.74 Å². The molecule has 8 heteroatoms. The fourth-order valence-electron chi connectivity index (χ4n) is 3.56. The number of amides is 1. The van der Waals surface area contributed by atoms with Gasteiger partial charge in [-0.2, -0.15) is 5.10 Å². The van der Waals surface area contributed by atoms with Gasteiger partial charge in [-0.05, 0) is 44.2 Å². The van der Waals surface area contributed by atoms with Crippen molar-refractivity contribution in [1.82, 2.24) is 19.7 Å². The van der Waals surface area contributed by atoms with Crippen LogP contribution in [-0.2, 0) is 7.05 Å². The molecule has 0 atom stereocenters. The van der Waals surface area contributed by atoms with Gasteiger partial charge in [0.15, 0.2) is 10.8 Å². The summed E-state index contributed by atoms with van der Waals surface area (Å²) < 4.78 is 8.52. The molecule has 1 N–H and O–H groups in total. The smallest absolute Gasteiger partial charge is 0.258 e. The minimum absolute atomic E-state index is 0.230. The van der Waals surface area contributed by atoms with Crippen LogP contribution in [0.1, 0.15) is 21.7 Å². The fourth-order valence-corrected chi connectivity index (χ4v) is 4.45. The van der Waals surface area contributed by atoms with Crippen molar-refractivity contribution in [3.8, 4) is 11.5 Å². The van der Waals surface area contributed by atoms with E-state index in [1.165, 1.54) is 11.3 Å². The van der Waals surface area contributed by atoms with Crippen molar-refractivity contribution in [1.29, 1.82) is 0 Å². The molecule has 3 heterocycles. The average molecular weight is 430 g/mol. The lowest BCUT2D eigenvalue weighted by Crippen LogP contribution is -2.13. The summed E-state index contributed by atoms with van der Waals surface area (Å²) in [6.45, 7) is 3.74. The van der Waals surface area contributed by atoms with Crippen molar-refractivity contribution < 1.29 is 9.53 Å². The van der Waals surface area contributed by atoms with Gasteiger partial charge in [-0.1, -0.05) is 29.5 Å². The summed E-state index contributed by atoms with van der Waals surface area (Å²) in [5, 5.41) is 8.63.